The third-order valence-corrected chi connectivity index (χ3v) is 35.7. The van der Waals surface area contributed by atoms with E-state index in [1.54, 1.807) is 0 Å². The highest BCUT2D eigenvalue weighted by atomic mass is 32.2. The molecule has 0 spiro atoms. The standard InChI is InChI=1S/C30H31O2S.C29H29O2S.C27H29O2S.C25H25O2S/c1-21-14-25(32-29(31)30-18-22-15-23(19-30)17-24(16-22)20-30)12-13-28(21)33(26-8-4-2-5-9-26)27-10-6-3-7-11-27;30-28(29-18-21-15-22(19-29)17-23(16-21)20-29)31-24-11-13-27(14-12-24)32(25-7-3-1-4-8-25)26-9-5-2-6-10-26;1-20-18-25(19-21(2)26(20)29-27(28)22-12-6-3-7-13-22)30(23-14-8-4-9-15-23)24-16-10-5-11-17-24;26-25(20-10-4-1-5-11-20)27-21-16-18-24(19-17-21)28(22-12-6-2-7-13-22)23-14-8-3-9-15-23/h2-14,22-24H,15-20H2,1H3;1-14,21-23H,15-20H2;4-5,8-11,14-19,22H,3,6-7,12-13H2,1-2H3;2-3,6-9,12-20H,1,4-5,10-11H2/q4*+1. The van der Waals surface area contributed by atoms with E-state index in [0.717, 1.165) is 142 Å². The average molecular weight is 1700 g/mol. The van der Waals surface area contributed by atoms with Gasteiger partial charge in [-0.25, -0.2) is 0 Å². The molecule has 12 heteroatoms. The summed E-state index contributed by atoms with van der Waals surface area (Å²) in [4.78, 5) is 67.1. The van der Waals surface area contributed by atoms with Crippen molar-refractivity contribution in [3.05, 3.63) is 338 Å². The third kappa shape index (κ3) is 20.5. The van der Waals surface area contributed by atoms with Crippen molar-refractivity contribution in [1.82, 2.24) is 0 Å². The summed E-state index contributed by atoms with van der Waals surface area (Å²) < 4.78 is 23.7. The van der Waals surface area contributed by atoms with Gasteiger partial charge < -0.3 is 18.9 Å². The van der Waals surface area contributed by atoms with Crippen LogP contribution in [0.15, 0.2) is 380 Å². The lowest BCUT2D eigenvalue weighted by Gasteiger charge is -2.55. The van der Waals surface area contributed by atoms with Crippen molar-refractivity contribution in [1.29, 1.82) is 0 Å². The molecule has 10 saturated carbocycles. The molecule has 0 amide bonds. The van der Waals surface area contributed by atoms with Gasteiger partial charge in [-0.1, -0.05) is 184 Å². The van der Waals surface area contributed by atoms with Crippen LogP contribution in [0.2, 0.25) is 0 Å². The van der Waals surface area contributed by atoms with Crippen molar-refractivity contribution in [3.8, 4) is 23.0 Å². The Hall–Kier alpha value is -10.1. The van der Waals surface area contributed by atoms with Crippen LogP contribution in [-0.4, -0.2) is 23.9 Å². The Balaban J connectivity index is 0.000000117. The van der Waals surface area contributed by atoms with Crippen LogP contribution in [0, 0.1) is 78.9 Å². The van der Waals surface area contributed by atoms with Crippen LogP contribution in [0.3, 0.4) is 0 Å². The van der Waals surface area contributed by atoms with Crippen molar-refractivity contribution < 1.29 is 38.1 Å². The number of hydrogen-bond donors (Lipinski definition) is 0. The van der Waals surface area contributed by atoms with E-state index in [-0.39, 0.29) is 90.1 Å². The molecule has 0 unspecified atom stereocenters. The van der Waals surface area contributed by atoms with Crippen LogP contribution in [-0.2, 0) is 62.8 Å². The van der Waals surface area contributed by atoms with Gasteiger partial charge in [-0.2, -0.15) is 0 Å². The predicted octanol–water partition coefficient (Wildman–Crippen LogP) is 27.3. The van der Waals surface area contributed by atoms with Gasteiger partial charge in [0.2, 0.25) is 0 Å². The van der Waals surface area contributed by atoms with E-state index in [1.165, 1.54) is 116 Å². The lowest BCUT2D eigenvalue weighted by molar-refractivity contribution is -0.162. The molecule has 0 saturated heterocycles. The maximum Gasteiger partial charge on any atom is 0.317 e. The highest BCUT2D eigenvalue weighted by molar-refractivity contribution is 7.98. The normalized spacial score (nSPS) is 21.7. The minimum absolute atomic E-state index is 0.0227. The molecule has 0 aromatic heterocycles. The number of esters is 4. The van der Waals surface area contributed by atoms with E-state index in [0.29, 0.717) is 17.2 Å². The van der Waals surface area contributed by atoms with Gasteiger partial charge in [0.1, 0.15) is 23.0 Å². The Morgan fingerprint density at radius 3 is 0.805 bits per heavy atom. The molecule has 0 heterocycles. The quantitative estimate of drug-likeness (QED) is 0.0422. The van der Waals surface area contributed by atoms with E-state index >= 15 is 0 Å². The zero-order valence-electron chi connectivity index (χ0n) is 71.2. The van der Waals surface area contributed by atoms with Crippen molar-refractivity contribution in [2.45, 2.75) is 221 Å². The molecule has 123 heavy (non-hydrogen) atoms. The smallest absolute Gasteiger partial charge is 0.317 e. The summed E-state index contributed by atoms with van der Waals surface area (Å²) in [5.41, 5.74) is 2.78. The lowest BCUT2D eigenvalue weighted by atomic mass is 9.49. The highest BCUT2D eigenvalue weighted by Crippen LogP contribution is 2.62. The molecule has 10 aliphatic rings. The van der Waals surface area contributed by atoms with Gasteiger partial charge >= 0.3 is 23.9 Å². The summed E-state index contributed by atoms with van der Waals surface area (Å²) in [6, 6.07) is 112. The summed E-state index contributed by atoms with van der Waals surface area (Å²) in [6.45, 7) is 6.25. The molecule has 626 valence electrons. The van der Waals surface area contributed by atoms with Crippen LogP contribution in [0.4, 0.5) is 0 Å². The first-order chi connectivity index (χ1) is 60.2. The molecule has 12 aromatic rings. The van der Waals surface area contributed by atoms with Crippen molar-refractivity contribution >= 4 is 67.5 Å². The summed E-state index contributed by atoms with van der Waals surface area (Å²) in [7, 11) is -0.763. The van der Waals surface area contributed by atoms with Crippen LogP contribution in [0.1, 0.15) is 158 Å². The van der Waals surface area contributed by atoms with Crippen molar-refractivity contribution in [2.75, 3.05) is 0 Å². The maximum absolute atomic E-state index is 13.4. The fourth-order valence-electron chi connectivity index (χ4n) is 21.7. The SMILES string of the molecule is Cc1cc(OC(=O)C23CC4CC(CC(C4)C2)C3)ccc1[S+](c1ccccc1)c1ccccc1.Cc1cc([S+](c2ccccc2)c2ccccc2)cc(C)c1OC(=O)C1CCCCC1.O=C(Oc1ccc([S+](c2ccccc2)c2ccccc2)cc1)C12CC3CC(CC(C3)C1)C2.O=C(Oc1ccc([S+](c2ccccc2)c2ccccc2)cc1)C1CCCCC1. The van der Waals surface area contributed by atoms with Gasteiger partial charge in [0.25, 0.3) is 0 Å². The molecule has 8 nitrogen and oxygen atoms in total. The molecule has 0 radical (unpaired) electrons. The molecule has 0 aliphatic heterocycles. The van der Waals surface area contributed by atoms with Crippen molar-refractivity contribution in [3.63, 3.8) is 0 Å². The molecule has 0 N–H and O–H groups in total. The summed E-state index contributed by atoms with van der Waals surface area (Å²) in [6.07, 6.45) is 25.1. The number of carbonyl (C=O) groups is 4. The van der Waals surface area contributed by atoms with Gasteiger partial charge in [0.05, 0.1) is 66.2 Å². The van der Waals surface area contributed by atoms with Gasteiger partial charge in [0, 0.05) is 17.7 Å². The summed E-state index contributed by atoms with van der Waals surface area (Å²) in [5, 5.41) is 0. The molecule has 0 atom stereocenters. The number of hydrogen-bond acceptors (Lipinski definition) is 8. The second-order valence-electron chi connectivity index (χ2n) is 35.7. The van der Waals surface area contributed by atoms with Crippen LogP contribution >= 0.6 is 0 Å². The number of benzene rings is 12. The topological polar surface area (TPSA) is 105 Å². The molecule has 10 fully saturated rings. The Bertz CT molecular complexity index is 5240. The fraction of sp³-hybridized carbons (Fsp3) is 0.315. The Kier molecular flexibility index (Phi) is 27.6. The minimum atomic E-state index is -0.223. The van der Waals surface area contributed by atoms with E-state index in [2.05, 4.69) is 300 Å². The first kappa shape index (κ1) is 85.1. The zero-order chi connectivity index (χ0) is 84.1. The van der Waals surface area contributed by atoms with Crippen LogP contribution in [0.5, 0.6) is 23.0 Å². The van der Waals surface area contributed by atoms with E-state index in [1.807, 2.05) is 42.5 Å². The summed E-state index contributed by atoms with van der Waals surface area (Å²) in [5.74, 6) is 7.26. The minimum Gasteiger partial charge on any atom is -0.426 e. The van der Waals surface area contributed by atoms with Crippen molar-refractivity contribution in [2.24, 2.45) is 58.2 Å². The molecular weight excluding hydrogens is 1590 g/mol. The van der Waals surface area contributed by atoms with E-state index in [4.69, 9.17) is 18.9 Å². The molecule has 12 aromatic carbocycles. The zero-order valence-corrected chi connectivity index (χ0v) is 74.4. The predicted molar refractivity (Wildman–Crippen MR) is 497 cm³/mol. The number of aryl methyl sites for hydroxylation is 3. The maximum atomic E-state index is 13.4. The largest absolute Gasteiger partial charge is 0.426 e. The van der Waals surface area contributed by atoms with E-state index < -0.39 is 0 Å². The number of carbonyl (C=O) groups excluding carboxylic acids is 4. The Morgan fingerprint density at radius 1 is 0.252 bits per heavy atom. The molecule has 10 aliphatic carbocycles. The van der Waals surface area contributed by atoms with Gasteiger partial charge in [-0.3, -0.25) is 19.2 Å². The average Bonchev–Trinajstić information content (AvgIpc) is 0.741. The first-order valence-corrected chi connectivity index (χ1v) is 49.8. The second-order valence-corrected chi connectivity index (χ2v) is 43.7. The van der Waals surface area contributed by atoms with Crippen LogP contribution < -0.4 is 18.9 Å². The molecular formula is C111H114O8S4+4. The lowest BCUT2D eigenvalue weighted by Crippen LogP contribution is -2.51. The van der Waals surface area contributed by atoms with Gasteiger partial charge in [0.15, 0.2) is 58.7 Å². The number of rotatable bonds is 20. The summed E-state index contributed by atoms with van der Waals surface area (Å²) >= 11 is 0. The first-order valence-electron chi connectivity index (χ1n) is 44.9. The second kappa shape index (κ2) is 39.8. The van der Waals surface area contributed by atoms with Gasteiger partial charge in [-0.05, 0) is 334 Å². The number of ether oxygens (including phenoxy) is 4. The monoisotopic (exact) mass is 1700 g/mol. The molecule has 8 bridgehead atoms. The fourth-order valence-corrected chi connectivity index (χ4v) is 30.3. The highest BCUT2D eigenvalue weighted by Gasteiger charge is 2.57. The Labute approximate surface area is 740 Å². The van der Waals surface area contributed by atoms with Gasteiger partial charge in [-0.15, -0.1) is 0 Å². The van der Waals surface area contributed by atoms with E-state index in [9.17, 15) is 19.2 Å². The van der Waals surface area contributed by atoms with Crippen LogP contribution in [0.25, 0.3) is 0 Å². The molecule has 22 rings (SSSR count). The Morgan fingerprint density at radius 2 is 0.504 bits per heavy atom. The third-order valence-electron chi connectivity index (χ3n) is 26.6.